The quantitative estimate of drug-likeness (QED) is 0.792. The van der Waals surface area contributed by atoms with Gasteiger partial charge in [-0.15, -0.1) is 0 Å². The number of hydrogen-bond donors (Lipinski definition) is 2. The number of nitrogens with zero attached hydrogens (tertiary/aromatic N) is 3. The molecule has 2 heterocycles. The summed E-state index contributed by atoms with van der Waals surface area (Å²) in [6.45, 7) is 3.94. The van der Waals surface area contributed by atoms with Crippen LogP contribution in [-0.4, -0.2) is 54.3 Å². The number of aromatic nitrogens is 2. The molecule has 0 bridgehead atoms. The summed E-state index contributed by atoms with van der Waals surface area (Å²) in [5, 5.41) is 10.6. The van der Waals surface area contributed by atoms with Crippen molar-refractivity contribution in [2.45, 2.75) is 32.2 Å². The highest BCUT2D eigenvalue weighted by molar-refractivity contribution is 5.89. The van der Waals surface area contributed by atoms with Gasteiger partial charge in [-0.05, 0) is 52.4 Å². The van der Waals surface area contributed by atoms with Gasteiger partial charge in [-0.1, -0.05) is 0 Å². The van der Waals surface area contributed by atoms with E-state index < -0.39 is 0 Å². The van der Waals surface area contributed by atoms with Crippen LogP contribution in [0.3, 0.4) is 0 Å². The second-order valence-electron chi connectivity index (χ2n) is 6.05. The van der Waals surface area contributed by atoms with Gasteiger partial charge in [-0.2, -0.15) is 5.10 Å². The number of carbonyl (C=O) groups excluding carboxylic acids is 1. The van der Waals surface area contributed by atoms with Gasteiger partial charge in [0.15, 0.2) is 5.82 Å². The average molecular weight is 293 g/mol. The summed E-state index contributed by atoms with van der Waals surface area (Å²) in [4.78, 5) is 14.1. The Kier molecular flexibility index (Phi) is 6.20. The van der Waals surface area contributed by atoms with E-state index >= 15 is 0 Å². The number of rotatable bonds is 7. The van der Waals surface area contributed by atoms with Crippen molar-refractivity contribution in [1.29, 1.82) is 0 Å². The molecule has 1 aliphatic rings. The lowest BCUT2D eigenvalue weighted by Crippen LogP contribution is -2.28. The van der Waals surface area contributed by atoms with Crippen LogP contribution in [0.15, 0.2) is 12.3 Å². The first-order chi connectivity index (χ1) is 10.1. The van der Waals surface area contributed by atoms with Crippen molar-refractivity contribution in [3.63, 3.8) is 0 Å². The predicted molar refractivity (Wildman–Crippen MR) is 84.2 cm³/mol. The predicted octanol–water partition coefficient (Wildman–Crippen LogP) is 1.16. The van der Waals surface area contributed by atoms with Crippen molar-refractivity contribution < 1.29 is 4.79 Å². The third-order valence-corrected chi connectivity index (χ3v) is 3.92. The number of carbonyl (C=O) groups is 1. The fourth-order valence-corrected chi connectivity index (χ4v) is 2.57. The molecule has 2 N–H and O–H groups in total. The molecule has 21 heavy (non-hydrogen) atoms. The fourth-order valence-electron chi connectivity index (χ4n) is 2.57. The van der Waals surface area contributed by atoms with E-state index in [1.54, 1.807) is 0 Å². The maximum absolute atomic E-state index is 11.9. The van der Waals surface area contributed by atoms with Crippen molar-refractivity contribution in [1.82, 2.24) is 20.0 Å². The van der Waals surface area contributed by atoms with Gasteiger partial charge in [-0.25, -0.2) is 0 Å². The lowest BCUT2D eigenvalue weighted by Gasteiger charge is -2.21. The van der Waals surface area contributed by atoms with Crippen LogP contribution in [-0.2, 0) is 11.3 Å². The Morgan fingerprint density at radius 1 is 1.48 bits per heavy atom. The third kappa shape index (κ3) is 5.85. The van der Waals surface area contributed by atoms with Gasteiger partial charge in [0, 0.05) is 25.2 Å². The van der Waals surface area contributed by atoms with Crippen molar-refractivity contribution in [3.05, 3.63) is 12.3 Å². The van der Waals surface area contributed by atoms with Gasteiger partial charge in [0.05, 0.1) is 6.54 Å². The molecule has 0 radical (unpaired) electrons. The van der Waals surface area contributed by atoms with Crippen molar-refractivity contribution >= 4 is 11.7 Å². The summed E-state index contributed by atoms with van der Waals surface area (Å²) in [7, 11) is 4.07. The zero-order chi connectivity index (χ0) is 15.1. The van der Waals surface area contributed by atoms with Gasteiger partial charge < -0.3 is 15.5 Å². The average Bonchev–Trinajstić information content (AvgIpc) is 2.91. The molecule has 1 fully saturated rings. The number of anilines is 1. The Morgan fingerprint density at radius 3 is 2.95 bits per heavy atom. The van der Waals surface area contributed by atoms with Crippen LogP contribution in [0.4, 0.5) is 5.82 Å². The highest BCUT2D eigenvalue weighted by atomic mass is 16.1. The van der Waals surface area contributed by atoms with Crippen LogP contribution < -0.4 is 10.6 Å². The SMILES string of the molecule is CN(C)CCn1ccc(NC(=O)CCC2CCNCC2)n1. The molecule has 0 aliphatic carbocycles. The van der Waals surface area contributed by atoms with Crippen LogP contribution in [0, 0.1) is 5.92 Å². The second-order valence-corrected chi connectivity index (χ2v) is 6.05. The molecule has 1 aliphatic heterocycles. The normalized spacial score (nSPS) is 16.3. The molecule has 0 atom stereocenters. The molecule has 1 aromatic rings. The van der Waals surface area contributed by atoms with E-state index in [4.69, 9.17) is 0 Å². The summed E-state index contributed by atoms with van der Waals surface area (Å²) in [6.07, 6.45) is 5.86. The smallest absolute Gasteiger partial charge is 0.225 e. The van der Waals surface area contributed by atoms with E-state index in [2.05, 4.69) is 20.6 Å². The van der Waals surface area contributed by atoms with E-state index in [-0.39, 0.29) is 5.91 Å². The van der Waals surface area contributed by atoms with Gasteiger partial charge in [0.1, 0.15) is 0 Å². The largest absolute Gasteiger partial charge is 0.317 e. The number of likely N-dealkylation sites (N-methyl/N-ethyl adjacent to an activating group) is 1. The van der Waals surface area contributed by atoms with E-state index in [0.29, 0.717) is 18.2 Å². The molecule has 0 spiro atoms. The highest BCUT2D eigenvalue weighted by Gasteiger charge is 2.14. The lowest BCUT2D eigenvalue weighted by molar-refractivity contribution is -0.116. The molecule has 1 saturated heterocycles. The monoisotopic (exact) mass is 293 g/mol. The number of amides is 1. The summed E-state index contributed by atoms with van der Waals surface area (Å²) in [5.74, 6) is 1.42. The molecular weight excluding hydrogens is 266 g/mol. The van der Waals surface area contributed by atoms with Crippen LogP contribution >= 0.6 is 0 Å². The summed E-state index contributed by atoms with van der Waals surface area (Å²) >= 11 is 0. The Balaban J connectivity index is 1.69. The van der Waals surface area contributed by atoms with Gasteiger partial charge in [0.25, 0.3) is 0 Å². The van der Waals surface area contributed by atoms with Crippen LogP contribution in [0.5, 0.6) is 0 Å². The molecule has 0 unspecified atom stereocenters. The first kappa shape index (κ1) is 16.0. The lowest BCUT2D eigenvalue weighted by atomic mass is 9.93. The first-order valence-corrected chi connectivity index (χ1v) is 7.82. The first-order valence-electron chi connectivity index (χ1n) is 7.82. The Hall–Kier alpha value is -1.40. The minimum atomic E-state index is 0.0754. The van der Waals surface area contributed by atoms with Crippen LogP contribution in [0.1, 0.15) is 25.7 Å². The van der Waals surface area contributed by atoms with E-state index in [1.807, 2.05) is 31.0 Å². The molecule has 1 amide bonds. The summed E-state index contributed by atoms with van der Waals surface area (Å²) < 4.78 is 1.86. The Labute approximate surface area is 126 Å². The van der Waals surface area contributed by atoms with Crippen molar-refractivity contribution in [3.8, 4) is 0 Å². The van der Waals surface area contributed by atoms with Crippen molar-refractivity contribution in [2.75, 3.05) is 39.0 Å². The number of piperidine rings is 1. The summed E-state index contributed by atoms with van der Waals surface area (Å²) in [5.41, 5.74) is 0. The Bertz CT molecular complexity index is 437. The standard InChI is InChI=1S/C15H27N5O/c1-19(2)11-12-20-10-7-14(18-20)17-15(21)4-3-13-5-8-16-9-6-13/h7,10,13,16H,3-6,8-9,11-12H2,1-2H3,(H,17,18,21). The summed E-state index contributed by atoms with van der Waals surface area (Å²) in [6, 6.07) is 1.86. The third-order valence-electron chi connectivity index (χ3n) is 3.92. The molecule has 6 heteroatoms. The Morgan fingerprint density at radius 2 is 2.24 bits per heavy atom. The molecule has 118 valence electrons. The van der Waals surface area contributed by atoms with Crippen molar-refractivity contribution in [2.24, 2.45) is 5.92 Å². The molecule has 2 rings (SSSR count). The minimum absolute atomic E-state index is 0.0754. The molecule has 0 aromatic carbocycles. The second kappa shape index (κ2) is 8.14. The van der Waals surface area contributed by atoms with Gasteiger partial charge >= 0.3 is 0 Å². The highest BCUT2D eigenvalue weighted by Crippen LogP contribution is 2.18. The maximum atomic E-state index is 11.9. The minimum Gasteiger partial charge on any atom is -0.317 e. The fraction of sp³-hybridized carbons (Fsp3) is 0.733. The number of hydrogen-bond acceptors (Lipinski definition) is 4. The zero-order valence-corrected chi connectivity index (χ0v) is 13.1. The molecule has 1 aromatic heterocycles. The topological polar surface area (TPSA) is 62.2 Å². The van der Waals surface area contributed by atoms with Gasteiger partial charge in [-0.3, -0.25) is 9.48 Å². The number of nitrogens with one attached hydrogen (secondary N) is 2. The maximum Gasteiger partial charge on any atom is 0.225 e. The molecular formula is C15H27N5O. The van der Waals surface area contributed by atoms with E-state index in [1.165, 1.54) is 12.8 Å². The molecule has 0 saturated carbocycles. The van der Waals surface area contributed by atoms with E-state index in [9.17, 15) is 4.79 Å². The van der Waals surface area contributed by atoms with Gasteiger partial charge in [0.2, 0.25) is 5.91 Å². The molecule has 6 nitrogen and oxygen atoms in total. The zero-order valence-electron chi connectivity index (χ0n) is 13.1. The van der Waals surface area contributed by atoms with Crippen LogP contribution in [0.25, 0.3) is 0 Å². The van der Waals surface area contributed by atoms with E-state index in [0.717, 1.165) is 32.6 Å². The van der Waals surface area contributed by atoms with Crippen LogP contribution in [0.2, 0.25) is 0 Å².